The van der Waals surface area contributed by atoms with Gasteiger partial charge in [0.2, 0.25) is 0 Å². The second kappa shape index (κ2) is 5.78. The third-order valence-electron chi connectivity index (χ3n) is 2.54. The minimum Gasteiger partial charge on any atom is -0.508 e. The predicted molar refractivity (Wildman–Crippen MR) is 73.3 cm³/mol. The van der Waals surface area contributed by atoms with E-state index in [1.54, 1.807) is 0 Å². The fourth-order valence-electron chi connectivity index (χ4n) is 1.61. The van der Waals surface area contributed by atoms with E-state index in [1.165, 1.54) is 24.3 Å². The zero-order valence-corrected chi connectivity index (χ0v) is 11.9. The number of phenols is 1. The van der Waals surface area contributed by atoms with Crippen molar-refractivity contribution < 1.29 is 22.7 Å². The van der Waals surface area contributed by atoms with Crippen LogP contribution in [0.2, 0.25) is 0 Å². The quantitative estimate of drug-likeness (QED) is 0.451. The van der Waals surface area contributed by atoms with Crippen LogP contribution in [0, 0.1) is 23.5 Å². The maximum Gasteiger partial charge on any atom is 0.332 e. The van der Waals surface area contributed by atoms with E-state index in [4.69, 9.17) is 5.11 Å². The van der Waals surface area contributed by atoms with Crippen molar-refractivity contribution in [2.75, 3.05) is 0 Å². The summed E-state index contributed by atoms with van der Waals surface area (Å²) < 4.78 is 53.0. The molecule has 0 aromatic heterocycles. The molecule has 0 heterocycles. The van der Waals surface area contributed by atoms with Gasteiger partial charge in [-0.3, -0.25) is 0 Å². The van der Waals surface area contributed by atoms with Crippen LogP contribution in [0.3, 0.4) is 0 Å². The third kappa shape index (κ3) is 3.76. The van der Waals surface area contributed by atoms with Gasteiger partial charge in [-0.15, -0.1) is 0 Å². The molecule has 0 saturated heterocycles. The summed E-state index contributed by atoms with van der Waals surface area (Å²) in [4.78, 5) is -3.79. The van der Waals surface area contributed by atoms with Crippen molar-refractivity contribution >= 4 is 15.9 Å². The molecule has 0 saturated carbocycles. The Balaban J connectivity index is 2.38. The molecule has 21 heavy (non-hydrogen) atoms. The minimum atomic E-state index is -3.79. The molecular weight excluding hydrogens is 352 g/mol. The van der Waals surface area contributed by atoms with Gasteiger partial charge in [0.15, 0.2) is 0 Å². The predicted octanol–water partition coefficient (Wildman–Crippen LogP) is 4.51. The normalized spacial score (nSPS) is 10.9. The summed E-state index contributed by atoms with van der Waals surface area (Å²) in [5, 5.41) is 9.10. The average Bonchev–Trinajstić information content (AvgIpc) is 2.35. The van der Waals surface area contributed by atoms with E-state index in [0.717, 1.165) is 12.1 Å². The van der Waals surface area contributed by atoms with Crippen LogP contribution in [0.5, 0.6) is 5.75 Å². The third-order valence-corrected chi connectivity index (χ3v) is 2.94. The van der Waals surface area contributed by atoms with Crippen LogP contribution in [-0.4, -0.2) is 5.11 Å². The summed E-state index contributed by atoms with van der Waals surface area (Å²) in [6.07, 6.45) is 0. The highest BCUT2D eigenvalue weighted by atomic mass is 79.9. The van der Waals surface area contributed by atoms with Crippen LogP contribution in [0.15, 0.2) is 36.4 Å². The second-order valence-electron chi connectivity index (χ2n) is 4.11. The molecule has 0 aliphatic carbocycles. The molecule has 1 nitrogen and oxygen atoms in total. The average molecular weight is 359 g/mol. The molecule has 0 unspecified atom stereocenters. The topological polar surface area (TPSA) is 20.2 Å². The molecule has 2 rings (SSSR count). The molecule has 6 heteroatoms. The Morgan fingerprint density at radius 2 is 1.38 bits per heavy atom. The Labute approximate surface area is 126 Å². The summed E-state index contributed by atoms with van der Waals surface area (Å²) in [7, 11) is 0. The van der Waals surface area contributed by atoms with Crippen molar-refractivity contribution in [1.29, 1.82) is 0 Å². The van der Waals surface area contributed by atoms with Crippen LogP contribution in [0.1, 0.15) is 16.7 Å². The van der Waals surface area contributed by atoms with E-state index in [0.29, 0.717) is 5.56 Å². The van der Waals surface area contributed by atoms with Crippen molar-refractivity contribution in [1.82, 2.24) is 0 Å². The van der Waals surface area contributed by atoms with Crippen molar-refractivity contribution in [3.63, 3.8) is 0 Å². The largest absolute Gasteiger partial charge is 0.508 e. The molecule has 0 spiro atoms. The van der Waals surface area contributed by atoms with Crippen LogP contribution < -0.4 is 0 Å². The van der Waals surface area contributed by atoms with Gasteiger partial charge < -0.3 is 5.11 Å². The van der Waals surface area contributed by atoms with E-state index in [1.807, 2.05) is 15.9 Å². The van der Waals surface area contributed by atoms with Crippen molar-refractivity contribution in [3.8, 4) is 17.6 Å². The van der Waals surface area contributed by atoms with Gasteiger partial charge in [-0.1, -0.05) is 11.8 Å². The van der Waals surface area contributed by atoms with Gasteiger partial charge in [0.1, 0.15) is 22.9 Å². The number of hydrogen-bond acceptors (Lipinski definition) is 1. The first-order valence-electron chi connectivity index (χ1n) is 5.64. The molecule has 0 atom stereocenters. The Kier molecular flexibility index (Phi) is 4.24. The molecule has 0 radical (unpaired) electrons. The van der Waals surface area contributed by atoms with Crippen LogP contribution in [0.4, 0.5) is 17.6 Å². The number of aromatic hydroxyl groups is 1. The highest BCUT2D eigenvalue weighted by Crippen LogP contribution is 2.38. The van der Waals surface area contributed by atoms with Gasteiger partial charge in [-0.25, -0.2) is 8.78 Å². The number of alkyl halides is 3. The lowest BCUT2D eigenvalue weighted by Crippen LogP contribution is -2.09. The van der Waals surface area contributed by atoms with E-state index in [-0.39, 0.29) is 11.3 Å². The highest BCUT2D eigenvalue weighted by molar-refractivity contribution is 9.09. The second-order valence-corrected chi connectivity index (χ2v) is 5.11. The zero-order chi connectivity index (χ0) is 15.6. The van der Waals surface area contributed by atoms with Crippen molar-refractivity contribution in [3.05, 3.63) is 64.7 Å². The maximum absolute atomic E-state index is 13.5. The first-order valence-corrected chi connectivity index (χ1v) is 6.44. The molecule has 0 bridgehead atoms. The van der Waals surface area contributed by atoms with Gasteiger partial charge in [0.05, 0.1) is 0 Å². The van der Waals surface area contributed by atoms with Crippen LogP contribution >= 0.6 is 15.9 Å². The van der Waals surface area contributed by atoms with Gasteiger partial charge in [0, 0.05) is 11.1 Å². The minimum absolute atomic E-state index is 0.0570. The fraction of sp³-hybridized carbons (Fsp3) is 0.0667. The standard InChI is InChI=1S/C15H7BrF4O/c16-15(19,20)14-12(17)7-10(8-13(14)18)2-1-9-3-5-11(21)6-4-9/h3-8,21H. The molecule has 0 aliphatic heterocycles. The summed E-state index contributed by atoms with van der Waals surface area (Å²) in [5.41, 5.74) is -0.917. The first kappa shape index (κ1) is 15.4. The van der Waals surface area contributed by atoms with Gasteiger partial charge >= 0.3 is 4.83 Å². The lowest BCUT2D eigenvalue weighted by atomic mass is 10.1. The Hall–Kier alpha value is -2.00. The highest BCUT2D eigenvalue weighted by Gasteiger charge is 2.34. The van der Waals surface area contributed by atoms with E-state index in [2.05, 4.69) is 11.8 Å². The SMILES string of the molecule is Oc1ccc(C#Cc2cc(F)c(C(F)(F)Br)c(F)c2)cc1. The monoisotopic (exact) mass is 358 g/mol. The molecule has 108 valence electrons. The smallest absolute Gasteiger partial charge is 0.332 e. The number of rotatable bonds is 1. The first-order chi connectivity index (χ1) is 9.77. The lowest BCUT2D eigenvalue weighted by Gasteiger charge is -2.11. The van der Waals surface area contributed by atoms with Gasteiger partial charge in [0.25, 0.3) is 0 Å². The maximum atomic E-state index is 13.5. The number of benzene rings is 2. The van der Waals surface area contributed by atoms with Gasteiger partial charge in [-0.2, -0.15) is 8.78 Å². The molecule has 0 aliphatic rings. The van der Waals surface area contributed by atoms with Crippen molar-refractivity contribution in [2.24, 2.45) is 0 Å². The molecule has 0 fully saturated rings. The number of phenolic OH excluding ortho intramolecular Hbond substituents is 1. The van der Waals surface area contributed by atoms with Gasteiger partial charge in [-0.05, 0) is 52.3 Å². The summed E-state index contributed by atoms with van der Waals surface area (Å²) in [6.45, 7) is 0. The van der Waals surface area contributed by atoms with Crippen molar-refractivity contribution in [2.45, 2.75) is 4.83 Å². The molecule has 0 amide bonds. The van der Waals surface area contributed by atoms with E-state index >= 15 is 0 Å². The summed E-state index contributed by atoms with van der Waals surface area (Å²) in [6, 6.07) is 7.30. The molecule has 1 N–H and O–H groups in total. The summed E-state index contributed by atoms with van der Waals surface area (Å²) in [5.74, 6) is 2.37. The molecule has 2 aromatic rings. The Morgan fingerprint density at radius 3 is 1.86 bits per heavy atom. The number of hydrogen-bond donors (Lipinski definition) is 1. The van der Waals surface area contributed by atoms with Crippen LogP contribution in [-0.2, 0) is 4.83 Å². The number of halogens is 5. The Bertz CT molecular complexity index is 701. The van der Waals surface area contributed by atoms with E-state index < -0.39 is 22.0 Å². The Morgan fingerprint density at radius 1 is 0.905 bits per heavy atom. The lowest BCUT2D eigenvalue weighted by molar-refractivity contribution is 0.105. The molecular formula is C15H7BrF4O. The summed E-state index contributed by atoms with van der Waals surface area (Å²) >= 11 is 1.92. The fourth-order valence-corrected chi connectivity index (χ4v) is 1.98. The van der Waals surface area contributed by atoms with E-state index in [9.17, 15) is 17.6 Å². The van der Waals surface area contributed by atoms with Crippen LogP contribution in [0.25, 0.3) is 0 Å². The zero-order valence-electron chi connectivity index (χ0n) is 10.3. The molecule has 2 aromatic carbocycles.